The molecule has 3 nitrogen and oxygen atoms in total. The first-order valence-corrected chi connectivity index (χ1v) is 7.56. The Bertz CT molecular complexity index is 584. The van der Waals surface area contributed by atoms with Gasteiger partial charge in [0, 0.05) is 24.7 Å². The predicted octanol–water partition coefficient (Wildman–Crippen LogP) is 3.98. The van der Waals surface area contributed by atoms with Crippen LogP contribution in [0.5, 0.6) is 0 Å². The van der Waals surface area contributed by atoms with Crippen LogP contribution >= 0.6 is 0 Å². The maximum Gasteiger partial charge on any atom is 0.135 e. The maximum atomic E-state index is 13.3. The van der Waals surface area contributed by atoms with Gasteiger partial charge in [0.15, 0.2) is 0 Å². The van der Waals surface area contributed by atoms with Gasteiger partial charge >= 0.3 is 0 Å². The van der Waals surface area contributed by atoms with E-state index < -0.39 is 0 Å². The highest BCUT2D eigenvalue weighted by atomic mass is 19.1. The SMILES string of the molecule is CCCNc1cc(CCC)nc(Cc2cccc(F)c2)n1. The molecule has 0 saturated carbocycles. The van der Waals surface area contributed by atoms with Gasteiger partial charge in [0.1, 0.15) is 17.5 Å². The summed E-state index contributed by atoms with van der Waals surface area (Å²) in [5, 5.41) is 3.31. The summed E-state index contributed by atoms with van der Waals surface area (Å²) in [6.07, 6.45) is 3.57. The molecule has 2 aromatic rings. The van der Waals surface area contributed by atoms with E-state index in [2.05, 4.69) is 29.1 Å². The molecule has 0 radical (unpaired) electrons. The van der Waals surface area contributed by atoms with E-state index in [0.717, 1.165) is 48.7 Å². The molecule has 0 fully saturated rings. The van der Waals surface area contributed by atoms with Crippen molar-refractivity contribution in [2.24, 2.45) is 0 Å². The van der Waals surface area contributed by atoms with Crippen molar-refractivity contribution in [2.75, 3.05) is 11.9 Å². The van der Waals surface area contributed by atoms with Gasteiger partial charge in [0.2, 0.25) is 0 Å². The molecular weight excluding hydrogens is 265 g/mol. The largest absolute Gasteiger partial charge is 0.370 e. The van der Waals surface area contributed by atoms with Crippen molar-refractivity contribution >= 4 is 5.82 Å². The first kappa shape index (κ1) is 15.4. The molecule has 0 amide bonds. The summed E-state index contributed by atoms with van der Waals surface area (Å²) in [4.78, 5) is 9.12. The van der Waals surface area contributed by atoms with Crippen LogP contribution in [0.25, 0.3) is 0 Å². The predicted molar refractivity (Wildman–Crippen MR) is 84.0 cm³/mol. The highest BCUT2D eigenvalue weighted by molar-refractivity contribution is 5.37. The number of aromatic nitrogens is 2. The minimum Gasteiger partial charge on any atom is -0.370 e. The average Bonchev–Trinajstić information content (AvgIpc) is 2.45. The Morgan fingerprint density at radius 2 is 1.95 bits per heavy atom. The summed E-state index contributed by atoms with van der Waals surface area (Å²) >= 11 is 0. The summed E-state index contributed by atoms with van der Waals surface area (Å²) in [5.41, 5.74) is 1.93. The van der Waals surface area contributed by atoms with Crippen molar-refractivity contribution in [3.63, 3.8) is 0 Å². The van der Waals surface area contributed by atoms with Crippen LogP contribution in [0.1, 0.15) is 43.8 Å². The lowest BCUT2D eigenvalue weighted by molar-refractivity contribution is 0.625. The summed E-state index contributed by atoms with van der Waals surface area (Å²) in [7, 11) is 0. The van der Waals surface area contributed by atoms with Crippen molar-refractivity contribution in [1.29, 1.82) is 0 Å². The second-order valence-electron chi connectivity index (χ2n) is 5.14. The zero-order valence-corrected chi connectivity index (χ0v) is 12.7. The van der Waals surface area contributed by atoms with Crippen LogP contribution in [-0.4, -0.2) is 16.5 Å². The van der Waals surface area contributed by atoms with E-state index in [1.165, 1.54) is 12.1 Å². The Hall–Kier alpha value is -1.97. The van der Waals surface area contributed by atoms with Gasteiger partial charge < -0.3 is 5.32 Å². The van der Waals surface area contributed by atoms with E-state index in [0.29, 0.717) is 6.42 Å². The first-order valence-electron chi connectivity index (χ1n) is 7.56. The monoisotopic (exact) mass is 287 g/mol. The van der Waals surface area contributed by atoms with Gasteiger partial charge in [-0.3, -0.25) is 0 Å². The van der Waals surface area contributed by atoms with E-state index in [9.17, 15) is 4.39 Å². The molecule has 21 heavy (non-hydrogen) atoms. The molecule has 0 spiro atoms. The highest BCUT2D eigenvalue weighted by Gasteiger charge is 2.06. The molecule has 0 aliphatic heterocycles. The summed E-state index contributed by atoms with van der Waals surface area (Å²) in [5.74, 6) is 1.38. The van der Waals surface area contributed by atoms with Gasteiger partial charge in [0.05, 0.1) is 0 Å². The number of hydrogen-bond donors (Lipinski definition) is 1. The Morgan fingerprint density at radius 3 is 2.67 bits per heavy atom. The molecule has 1 heterocycles. The normalized spacial score (nSPS) is 10.6. The number of anilines is 1. The van der Waals surface area contributed by atoms with Gasteiger partial charge in [-0.15, -0.1) is 0 Å². The number of rotatable bonds is 7. The standard InChI is InChI=1S/C17H22FN3/c1-3-6-15-12-16(19-9-4-2)21-17(20-15)11-13-7-5-8-14(18)10-13/h5,7-8,10,12H,3-4,6,9,11H2,1-2H3,(H,19,20,21). The van der Waals surface area contributed by atoms with Crippen LogP contribution in [0, 0.1) is 5.82 Å². The number of halogens is 1. The van der Waals surface area contributed by atoms with Crippen LogP contribution in [0.3, 0.4) is 0 Å². The fourth-order valence-electron chi connectivity index (χ4n) is 2.19. The Morgan fingerprint density at radius 1 is 1.10 bits per heavy atom. The molecule has 2 rings (SSSR count). The van der Waals surface area contributed by atoms with Crippen molar-refractivity contribution in [3.05, 3.63) is 53.2 Å². The lowest BCUT2D eigenvalue weighted by atomic mass is 10.1. The first-order chi connectivity index (χ1) is 10.2. The number of nitrogens with zero attached hydrogens (tertiary/aromatic N) is 2. The summed E-state index contributed by atoms with van der Waals surface area (Å²) in [6.45, 7) is 5.14. The lowest BCUT2D eigenvalue weighted by Gasteiger charge is -2.09. The van der Waals surface area contributed by atoms with Crippen LogP contribution in [0.4, 0.5) is 10.2 Å². The van der Waals surface area contributed by atoms with Crippen LogP contribution < -0.4 is 5.32 Å². The minimum atomic E-state index is -0.221. The Kier molecular flexibility index (Phi) is 5.67. The highest BCUT2D eigenvalue weighted by Crippen LogP contribution is 2.13. The van der Waals surface area contributed by atoms with Gasteiger partial charge in [-0.1, -0.05) is 32.4 Å². The number of aryl methyl sites for hydroxylation is 1. The zero-order valence-electron chi connectivity index (χ0n) is 12.7. The fourth-order valence-corrected chi connectivity index (χ4v) is 2.19. The Balaban J connectivity index is 2.22. The van der Waals surface area contributed by atoms with Crippen molar-refractivity contribution < 1.29 is 4.39 Å². The lowest BCUT2D eigenvalue weighted by Crippen LogP contribution is -2.08. The minimum absolute atomic E-state index is 0.221. The van der Waals surface area contributed by atoms with E-state index in [1.807, 2.05) is 12.1 Å². The molecule has 1 N–H and O–H groups in total. The van der Waals surface area contributed by atoms with Crippen LogP contribution in [-0.2, 0) is 12.8 Å². The van der Waals surface area contributed by atoms with E-state index >= 15 is 0 Å². The second-order valence-corrected chi connectivity index (χ2v) is 5.14. The molecular formula is C17H22FN3. The number of benzene rings is 1. The third-order valence-electron chi connectivity index (χ3n) is 3.14. The maximum absolute atomic E-state index is 13.3. The van der Waals surface area contributed by atoms with Crippen molar-refractivity contribution in [3.8, 4) is 0 Å². The molecule has 0 unspecified atom stereocenters. The van der Waals surface area contributed by atoms with Crippen LogP contribution in [0.15, 0.2) is 30.3 Å². The van der Waals surface area contributed by atoms with E-state index in [1.54, 1.807) is 6.07 Å². The smallest absolute Gasteiger partial charge is 0.135 e. The van der Waals surface area contributed by atoms with Gasteiger partial charge in [-0.2, -0.15) is 0 Å². The molecule has 1 aromatic heterocycles. The van der Waals surface area contributed by atoms with Crippen LogP contribution in [0.2, 0.25) is 0 Å². The zero-order chi connectivity index (χ0) is 15.1. The van der Waals surface area contributed by atoms with Crippen molar-refractivity contribution in [1.82, 2.24) is 9.97 Å². The van der Waals surface area contributed by atoms with Crippen molar-refractivity contribution in [2.45, 2.75) is 39.5 Å². The summed E-state index contributed by atoms with van der Waals surface area (Å²) in [6, 6.07) is 8.62. The number of hydrogen-bond acceptors (Lipinski definition) is 3. The molecule has 0 atom stereocenters. The van der Waals surface area contributed by atoms with Gasteiger partial charge in [0.25, 0.3) is 0 Å². The van der Waals surface area contributed by atoms with E-state index in [4.69, 9.17) is 0 Å². The average molecular weight is 287 g/mol. The molecule has 112 valence electrons. The molecule has 1 aromatic carbocycles. The molecule has 4 heteroatoms. The number of nitrogens with one attached hydrogen (secondary N) is 1. The molecule has 0 aliphatic rings. The van der Waals surface area contributed by atoms with E-state index in [-0.39, 0.29) is 5.82 Å². The second kappa shape index (κ2) is 7.72. The van der Waals surface area contributed by atoms with Gasteiger partial charge in [-0.05, 0) is 30.5 Å². The Labute approximate surface area is 125 Å². The molecule has 0 bridgehead atoms. The third kappa shape index (κ3) is 4.81. The molecule has 0 saturated heterocycles. The topological polar surface area (TPSA) is 37.8 Å². The fraction of sp³-hybridized carbons (Fsp3) is 0.412. The molecule has 0 aliphatic carbocycles. The third-order valence-corrected chi connectivity index (χ3v) is 3.14. The summed E-state index contributed by atoms with van der Waals surface area (Å²) < 4.78 is 13.3. The van der Waals surface area contributed by atoms with Gasteiger partial charge in [-0.25, -0.2) is 14.4 Å². The quantitative estimate of drug-likeness (QED) is 0.837.